The second kappa shape index (κ2) is 7.47. The molecule has 1 aromatic rings. The standard InChI is InChI=1S/C14H21N3O3/c1-4-17(9-11(3)13(18)19)14(20)16-8-12-10(2)6-5-7-15-12/h5-7,11H,4,8-9H2,1-3H3,(H,16,20)(H,18,19). The predicted octanol–water partition coefficient (Wildman–Crippen LogP) is 1.64. The Bertz CT molecular complexity index is 476. The molecule has 0 aliphatic rings. The molecule has 1 unspecified atom stereocenters. The number of nitrogens with one attached hydrogen (secondary N) is 1. The molecule has 0 spiro atoms. The SMILES string of the molecule is CCN(CC(C)C(=O)O)C(=O)NCc1ncccc1C. The van der Waals surface area contributed by atoms with Crippen LogP contribution in [0.15, 0.2) is 18.3 Å². The molecule has 1 heterocycles. The van der Waals surface area contributed by atoms with E-state index in [1.807, 2.05) is 26.0 Å². The summed E-state index contributed by atoms with van der Waals surface area (Å²) in [7, 11) is 0. The Hall–Kier alpha value is -2.11. The summed E-state index contributed by atoms with van der Waals surface area (Å²) in [6.45, 7) is 6.33. The van der Waals surface area contributed by atoms with E-state index in [-0.39, 0.29) is 12.6 Å². The van der Waals surface area contributed by atoms with E-state index in [2.05, 4.69) is 10.3 Å². The molecule has 0 aromatic carbocycles. The van der Waals surface area contributed by atoms with Gasteiger partial charge in [0.15, 0.2) is 0 Å². The topological polar surface area (TPSA) is 82.5 Å². The van der Waals surface area contributed by atoms with Crippen molar-refractivity contribution in [2.45, 2.75) is 27.3 Å². The van der Waals surface area contributed by atoms with Crippen LogP contribution in [0.5, 0.6) is 0 Å². The number of carbonyl (C=O) groups is 2. The highest BCUT2D eigenvalue weighted by Gasteiger charge is 2.19. The fourth-order valence-electron chi connectivity index (χ4n) is 1.74. The third-order valence-corrected chi connectivity index (χ3v) is 3.11. The van der Waals surface area contributed by atoms with Gasteiger partial charge in [-0.05, 0) is 25.5 Å². The lowest BCUT2D eigenvalue weighted by Crippen LogP contribution is -2.43. The molecule has 2 amide bonds. The molecule has 6 heteroatoms. The molecule has 110 valence electrons. The van der Waals surface area contributed by atoms with Gasteiger partial charge in [0.2, 0.25) is 0 Å². The van der Waals surface area contributed by atoms with Crippen molar-refractivity contribution in [1.82, 2.24) is 15.2 Å². The Balaban J connectivity index is 2.56. The highest BCUT2D eigenvalue weighted by Crippen LogP contribution is 2.04. The maximum absolute atomic E-state index is 12.0. The summed E-state index contributed by atoms with van der Waals surface area (Å²) in [5, 5.41) is 11.7. The van der Waals surface area contributed by atoms with Gasteiger partial charge in [-0.15, -0.1) is 0 Å². The lowest BCUT2D eigenvalue weighted by molar-refractivity contribution is -0.141. The zero-order valence-electron chi connectivity index (χ0n) is 12.1. The number of nitrogens with zero attached hydrogens (tertiary/aromatic N) is 2. The Morgan fingerprint density at radius 1 is 1.50 bits per heavy atom. The number of pyridine rings is 1. The first-order valence-corrected chi connectivity index (χ1v) is 6.61. The van der Waals surface area contributed by atoms with Gasteiger partial charge in [-0.2, -0.15) is 0 Å². The Morgan fingerprint density at radius 3 is 2.75 bits per heavy atom. The Morgan fingerprint density at radius 2 is 2.20 bits per heavy atom. The van der Waals surface area contributed by atoms with Crippen LogP contribution in [0.1, 0.15) is 25.1 Å². The summed E-state index contributed by atoms with van der Waals surface area (Å²) in [5.41, 5.74) is 1.82. The van der Waals surface area contributed by atoms with Gasteiger partial charge in [0, 0.05) is 19.3 Å². The van der Waals surface area contributed by atoms with Crippen molar-refractivity contribution in [3.05, 3.63) is 29.6 Å². The molecule has 0 saturated heterocycles. The first-order valence-electron chi connectivity index (χ1n) is 6.61. The monoisotopic (exact) mass is 279 g/mol. The van der Waals surface area contributed by atoms with Crippen LogP contribution >= 0.6 is 0 Å². The van der Waals surface area contributed by atoms with Gasteiger partial charge in [-0.3, -0.25) is 9.78 Å². The molecule has 20 heavy (non-hydrogen) atoms. The van der Waals surface area contributed by atoms with Crippen LogP contribution in [0.3, 0.4) is 0 Å². The number of amides is 2. The lowest BCUT2D eigenvalue weighted by atomic mass is 10.2. The number of hydrogen-bond donors (Lipinski definition) is 2. The van der Waals surface area contributed by atoms with E-state index in [0.29, 0.717) is 13.1 Å². The maximum atomic E-state index is 12.0. The number of aliphatic carboxylic acids is 1. The molecular weight excluding hydrogens is 258 g/mol. The molecule has 2 N–H and O–H groups in total. The minimum absolute atomic E-state index is 0.193. The number of aromatic nitrogens is 1. The Kier molecular flexibility index (Phi) is 5.96. The van der Waals surface area contributed by atoms with Crippen molar-refractivity contribution < 1.29 is 14.7 Å². The van der Waals surface area contributed by atoms with E-state index in [4.69, 9.17) is 5.11 Å². The highest BCUT2D eigenvalue weighted by atomic mass is 16.4. The van der Waals surface area contributed by atoms with E-state index in [1.54, 1.807) is 13.1 Å². The zero-order valence-corrected chi connectivity index (χ0v) is 12.1. The first-order chi connectivity index (χ1) is 9.45. The quantitative estimate of drug-likeness (QED) is 0.829. The molecule has 1 aromatic heterocycles. The van der Waals surface area contributed by atoms with Gasteiger partial charge in [-0.25, -0.2) is 4.79 Å². The number of carboxylic acids is 1. The third kappa shape index (κ3) is 4.53. The second-order valence-electron chi connectivity index (χ2n) is 4.70. The van der Waals surface area contributed by atoms with Crippen LogP contribution in [-0.4, -0.2) is 40.1 Å². The van der Waals surface area contributed by atoms with Crippen molar-refractivity contribution in [2.75, 3.05) is 13.1 Å². The number of urea groups is 1. The smallest absolute Gasteiger partial charge is 0.317 e. The fraction of sp³-hybridized carbons (Fsp3) is 0.500. The minimum Gasteiger partial charge on any atom is -0.481 e. The lowest BCUT2D eigenvalue weighted by Gasteiger charge is -2.23. The normalized spacial score (nSPS) is 11.8. The Labute approximate surface area is 118 Å². The summed E-state index contributed by atoms with van der Waals surface area (Å²) in [6.07, 6.45) is 1.68. The largest absolute Gasteiger partial charge is 0.481 e. The molecular formula is C14H21N3O3. The first kappa shape index (κ1) is 15.9. The summed E-state index contributed by atoms with van der Waals surface area (Å²) >= 11 is 0. The van der Waals surface area contributed by atoms with Gasteiger partial charge in [0.25, 0.3) is 0 Å². The van der Waals surface area contributed by atoms with Crippen molar-refractivity contribution in [2.24, 2.45) is 5.92 Å². The molecule has 1 rings (SSSR count). The number of hydrogen-bond acceptors (Lipinski definition) is 3. The fourth-order valence-corrected chi connectivity index (χ4v) is 1.74. The van der Waals surface area contributed by atoms with Gasteiger partial charge in [0.05, 0.1) is 18.2 Å². The van der Waals surface area contributed by atoms with Crippen molar-refractivity contribution in [1.29, 1.82) is 0 Å². The highest BCUT2D eigenvalue weighted by molar-refractivity contribution is 5.75. The molecule has 1 atom stereocenters. The second-order valence-corrected chi connectivity index (χ2v) is 4.70. The van der Waals surface area contributed by atoms with E-state index in [0.717, 1.165) is 11.3 Å². The molecule has 0 aliphatic heterocycles. The molecule has 0 aliphatic carbocycles. The number of carboxylic acid groups (broad SMARTS) is 1. The number of carbonyl (C=O) groups excluding carboxylic acids is 1. The molecule has 0 bridgehead atoms. The van der Waals surface area contributed by atoms with Crippen molar-refractivity contribution >= 4 is 12.0 Å². The van der Waals surface area contributed by atoms with Gasteiger partial charge in [0.1, 0.15) is 0 Å². The molecule has 6 nitrogen and oxygen atoms in total. The average Bonchev–Trinajstić information content (AvgIpc) is 2.43. The van der Waals surface area contributed by atoms with Crippen LogP contribution < -0.4 is 5.32 Å². The van der Waals surface area contributed by atoms with Gasteiger partial charge >= 0.3 is 12.0 Å². The maximum Gasteiger partial charge on any atom is 0.317 e. The van der Waals surface area contributed by atoms with E-state index in [1.165, 1.54) is 4.90 Å². The van der Waals surface area contributed by atoms with E-state index in [9.17, 15) is 9.59 Å². The van der Waals surface area contributed by atoms with Crippen LogP contribution in [0.25, 0.3) is 0 Å². The van der Waals surface area contributed by atoms with Gasteiger partial charge in [-0.1, -0.05) is 13.0 Å². The third-order valence-electron chi connectivity index (χ3n) is 3.11. The van der Waals surface area contributed by atoms with Crippen molar-refractivity contribution in [3.63, 3.8) is 0 Å². The molecule has 0 saturated carbocycles. The average molecular weight is 279 g/mol. The van der Waals surface area contributed by atoms with Gasteiger partial charge < -0.3 is 15.3 Å². The summed E-state index contributed by atoms with van der Waals surface area (Å²) in [5.74, 6) is -1.49. The predicted molar refractivity (Wildman–Crippen MR) is 75.3 cm³/mol. The molecule has 0 radical (unpaired) electrons. The van der Waals surface area contributed by atoms with Crippen LogP contribution in [0.2, 0.25) is 0 Å². The number of rotatable bonds is 6. The zero-order chi connectivity index (χ0) is 15.1. The van der Waals surface area contributed by atoms with Crippen LogP contribution in [0.4, 0.5) is 4.79 Å². The summed E-state index contributed by atoms with van der Waals surface area (Å²) in [6, 6.07) is 3.50. The van der Waals surface area contributed by atoms with E-state index >= 15 is 0 Å². The van der Waals surface area contributed by atoms with Crippen LogP contribution in [0, 0.1) is 12.8 Å². The number of aryl methyl sites for hydroxylation is 1. The van der Waals surface area contributed by atoms with Crippen LogP contribution in [-0.2, 0) is 11.3 Å². The van der Waals surface area contributed by atoms with Crippen molar-refractivity contribution in [3.8, 4) is 0 Å². The van der Waals surface area contributed by atoms with E-state index < -0.39 is 11.9 Å². The minimum atomic E-state index is -0.906. The summed E-state index contributed by atoms with van der Waals surface area (Å²) < 4.78 is 0. The molecule has 0 fully saturated rings. The summed E-state index contributed by atoms with van der Waals surface area (Å²) in [4.78, 5) is 28.5.